The van der Waals surface area contributed by atoms with Crippen LogP contribution >= 0.6 is 0 Å². The summed E-state index contributed by atoms with van der Waals surface area (Å²) < 4.78 is 4.89. The van der Waals surface area contributed by atoms with E-state index in [-0.39, 0.29) is 17.7 Å². The van der Waals surface area contributed by atoms with Crippen LogP contribution in [0.2, 0.25) is 0 Å². The molecular weight excluding hydrogens is 242 g/mol. The van der Waals surface area contributed by atoms with E-state index in [1.54, 1.807) is 0 Å². The summed E-state index contributed by atoms with van der Waals surface area (Å²) in [4.78, 5) is 32.4. The summed E-state index contributed by atoms with van der Waals surface area (Å²) in [6.45, 7) is 0. The molecule has 1 heterocycles. The third-order valence-corrected chi connectivity index (χ3v) is 2.77. The lowest BCUT2D eigenvalue weighted by Gasteiger charge is -2.14. The van der Waals surface area contributed by atoms with Gasteiger partial charge in [-0.3, -0.25) is 19.7 Å². The van der Waals surface area contributed by atoms with Crippen LogP contribution in [0.15, 0.2) is 24.3 Å². The zero-order valence-electron chi connectivity index (χ0n) is 9.11. The van der Waals surface area contributed by atoms with Gasteiger partial charge in [0.1, 0.15) is 12.0 Å². The van der Waals surface area contributed by atoms with Gasteiger partial charge in [-0.25, -0.2) is 0 Å². The van der Waals surface area contributed by atoms with Crippen molar-refractivity contribution in [2.75, 3.05) is 0 Å². The van der Waals surface area contributed by atoms with Crippen molar-refractivity contribution < 1.29 is 24.4 Å². The van der Waals surface area contributed by atoms with Crippen molar-refractivity contribution in [2.24, 2.45) is 5.92 Å². The molecule has 1 N–H and O–H groups in total. The molecule has 1 fully saturated rings. The van der Waals surface area contributed by atoms with Crippen LogP contribution in [0.1, 0.15) is 18.1 Å². The molecule has 2 rings (SSSR count). The highest BCUT2D eigenvalue weighted by Crippen LogP contribution is 2.39. The molecule has 18 heavy (non-hydrogen) atoms. The number of carbonyl (C=O) groups excluding carboxylic acids is 1. The highest BCUT2D eigenvalue weighted by Gasteiger charge is 2.43. The Morgan fingerprint density at radius 3 is 2.72 bits per heavy atom. The van der Waals surface area contributed by atoms with Crippen LogP contribution in [0.5, 0.6) is 0 Å². The van der Waals surface area contributed by atoms with Crippen LogP contribution in [-0.4, -0.2) is 22.0 Å². The number of hydrogen-bond donors (Lipinski definition) is 1. The number of nitro benzene ring substituents is 1. The molecule has 0 aromatic heterocycles. The number of carboxylic acids is 1. The number of aliphatic carboxylic acids is 1. The van der Waals surface area contributed by atoms with E-state index < -0.39 is 28.9 Å². The Kier molecular flexibility index (Phi) is 2.97. The summed E-state index contributed by atoms with van der Waals surface area (Å²) in [7, 11) is 0. The van der Waals surface area contributed by atoms with Crippen molar-refractivity contribution in [1.82, 2.24) is 0 Å². The van der Waals surface area contributed by atoms with E-state index >= 15 is 0 Å². The number of rotatable bonds is 3. The van der Waals surface area contributed by atoms with Crippen molar-refractivity contribution in [3.8, 4) is 0 Å². The number of ether oxygens (including phenoxy) is 1. The van der Waals surface area contributed by atoms with E-state index in [9.17, 15) is 19.7 Å². The minimum atomic E-state index is -1.20. The number of esters is 1. The molecule has 7 nitrogen and oxygen atoms in total. The Labute approximate surface area is 101 Å². The van der Waals surface area contributed by atoms with E-state index in [4.69, 9.17) is 9.84 Å². The Hall–Kier alpha value is -2.44. The molecule has 2 atom stereocenters. The van der Waals surface area contributed by atoms with Gasteiger partial charge >= 0.3 is 11.9 Å². The minimum Gasteiger partial charge on any atom is -0.481 e. The number of carbonyl (C=O) groups is 2. The van der Waals surface area contributed by atoms with Gasteiger partial charge in [0, 0.05) is 6.07 Å². The molecule has 0 aliphatic carbocycles. The number of nitro groups is 1. The molecule has 1 aliphatic heterocycles. The predicted octanol–water partition coefficient (Wildman–Crippen LogP) is 1.28. The van der Waals surface area contributed by atoms with Gasteiger partial charge in [0.15, 0.2) is 0 Å². The van der Waals surface area contributed by atoms with Crippen LogP contribution in [-0.2, 0) is 14.3 Å². The van der Waals surface area contributed by atoms with Crippen LogP contribution in [0.25, 0.3) is 0 Å². The quantitative estimate of drug-likeness (QED) is 0.492. The molecule has 7 heteroatoms. The summed E-state index contributed by atoms with van der Waals surface area (Å²) >= 11 is 0. The second-order valence-electron chi connectivity index (χ2n) is 3.88. The van der Waals surface area contributed by atoms with Crippen molar-refractivity contribution in [3.63, 3.8) is 0 Å². The maximum Gasteiger partial charge on any atom is 0.311 e. The van der Waals surface area contributed by atoms with Gasteiger partial charge in [0.2, 0.25) is 0 Å². The fourth-order valence-electron chi connectivity index (χ4n) is 1.95. The molecule has 1 saturated heterocycles. The van der Waals surface area contributed by atoms with Crippen LogP contribution < -0.4 is 0 Å². The number of hydrogen-bond acceptors (Lipinski definition) is 5. The monoisotopic (exact) mass is 251 g/mol. The third-order valence-electron chi connectivity index (χ3n) is 2.77. The van der Waals surface area contributed by atoms with Gasteiger partial charge in [-0.2, -0.15) is 0 Å². The third kappa shape index (κ3) is 2.02. The van der Waals surface area contributed by atoms with Crippen molar-refractivity contribution in [2.45, 2.75) is 12.5 Å². The van der Waals surface area contributed by atoms with E-state index in [0.717, 1.165) is 0 Å². The summed E-state index contributed by atoms with van der Waals surface area (Å²) in [6.07, 6.45) is -1.37. The highest BCUT2D eigenvalue weighted by molar-refractivity contribution is 5.83. The maximum atomic E-state index is 11.2. The standard InChI is InChI=1S/C11H9NO6/c13-9-5-7(11(14)15)10(18-9)6-3-1-2-4-8(6)12(16)17/h1-4,7,10H,5H2,(H,14,15). The second kappa shape index (κ2) is 4.44. The Morgan fingerprint density at radius 2 is 2.11 bits per heavy atom. The molecule has 0 amide bonds. The summed E-state index contributed by atoms with van der Waals surface area (Å²) in [5.41, 5.74) is -0.135. The summed E-state index contributed by atoms with van der Waals surface area (Å²) in [5.74, 6) is -2.95. The number of cyclic esters (lactones) is 1. The molecule has 0 saturated carbocycles. The molecule has 0 radical (unpaired) electrons. The maximum absolute atomic E-state index is 11.2. The first kappa shape index (κ1) is 12.0. The van der Waals surface area contributed by atoms with E-state index in [1.165, 1.54) is 24.3 Å². The minimum absolute atomic E-state index is 0.112. The van der Waals surface area contributed by atoms with Crippen molar-refractivity contribution in [1.29, 1.82) is 0 Å². The average Bonchev–Trinajstić information content (AvgIpc) is 2.71. The van der Waals surface area contributed by atoms with Gasteiger partial charge < -0.3 is 9.84 Å². The van der Waals surface area contributed by atoms with Gasteiger partial charge in [-0.15, -0.1) is 0 Å². The van der Waals surface area contributed by atoms with Crippen LogP contribution in [0.3, 0.4) is 0 Å². The molecule has 1 aliphatic rings. The normalized spacial score (nSPS) is 22.6. The first-order valence-corrected chi connectivity index (χ1v) is 5.16. The lowest BCUT2D eigenvalue weighted by Crippen LogP contribution is -2.18. The predicted molar refractivity (Wildman–Crippen MR) is 57.7 cm³/mol. The zero-order chi connectivity index (χ0) is 13.3. The zero-order valence-corrected chi connectivity index (χ0v) is 9.11. The van der Waals surface area contributed by atoms with Crippen molar-refractivity contribution >= 4 is 17.6 Å². The van der Waals surface area contributed by atoms with Gasteiger partial charge in [0.25, 0.3) is 5.69 Å². The topological polar surface area (TPSA) is 107 Å². The smallest absolute Gasteiger partial charge is 0.311 e. The second-order valence-corrected chi connectivity index (χ2v) is 3.88. The Balaban J connectivity index is 2.44. The van der Waals surface area contributed by atoms with Crippen LogP contribution in [0.4, 0.5) is 5.69 Å². The fourth-order valence-corrected chi connectivity index (χ4v) is 1.95. The van der Waals surface area contributed by atoms with E-state index in [0.29, 0.717) is 0 Å². The molecule has 2 unspecified atom stereocenters. The van der Waals surface area contributed by atoms with Gasteiger partial charge in [-0.05, 0) is 6.07 Å². The first-order chi connectivity index (χ1) is 8.50. The Morgan fingerprint density at radius 1 is 1.44 bits per heavy atom. The number of carboxylic acid groups (broad SMARTS) is 1. The number of benzene rings is 1. The SMILES string of the molecule is O=C1CC(C(=O)O)C(c2ccccc2[N+](=O)[O-])O1. The molecule has 0 bridgehead atoms. The largest absolute Gasteiger partial charge is 0.481 e. The lowest BCUT2D eigenvalue weighted by molar-refractivity contribution is -0.386. The molecule has 0 spiro atoms. The van der Waals surface area contributed by atoms with Gasteiger partial charge in [-0.1, -0.05) is 12.1 Å². The molecule has 1 aromatic carbocycles. The fraction of sp³-hybridized carbons (Fsp3) is 0.273. The Bertz CT molecular complexity index is 526. The first-order valence-electron chi connectivity index (χ1n) is 5.16. The van der Waals surface area contributed by atoms with E-state index in [2.05, 4.69) is 0 Å². The summed E-state index contributed by atoms with van der Waals surface area (Å²) in [6, 6.07) is 5.65. The van der Waals surface area contributed by atoms with E-state index in [1.807, 2.05) is 0 Å². The lowest BCUT2D eigenvalue weighted by atomic mass is 9.94. The summed E-state index contributed by atoms with van der Waals surface area (Å²) in [5, 5.41) is 19.8. The number of nitrogens with zero attached hydrogens (tertiary/aromatic N) is 1. The highest BCUT2D eigenvalue weighted by atomic mass is 16.6. The van der Waals surface area contributed by atoms with Crippen molar-refractivity contribution in [3.05, 3.63) is 39.9 Å². The average molecular weight is 251 g/mol. The number of para-hydroxylation sites is 1. The molecule has 94 valence electrons. The molecule has 1 aromatic rings. The van der Waals surface area contributed by atoms with Gasteiger partial charge in [0.05, 0.1) is 16.9 Å². The van der Waals surface area contributed by atoms with Crippen LogP contribution in [0, 0.1) is 16.0 Å². The molecular formula is C11H9NO6.